The van der Waals surface area contributed by atoms with Gasteiger partial charge in [0.2, 0.25) is 0 Å². The van der Waals surface area contributed by atoms with Crippen LogP contribution in [0.5, 0.6) is 0 Å². The number of rotatable bonds is 3. The number of carbonyl (C=O) groups excluding carboxylic acids is 1. The largest absolute Gasteiger partial charge is 0.461 e. The van der Waals surface area contributed by atoms with Gasteiger partial charge >= 0.3 is 5.97 Å². The average molecular weight is 233 g/mol. The van der Waals surface area contributed by atoms with Crippen molar-refractivity contribution >= 4 is 11.6 Å². The van der Waals surface area contributed by atoms with Crippen LogP contribution in [0.3, 0.4) is 0 Å². The molecule has 0 spiro atoms. The van der Waals surface area contributed by atoms with Crippen molar-refractivity contribution in [3.63, 3.8) is 0 Å². The lowest BCUT2D eigenvalue weighted by atomic mass is 10.1. The predicted molar refractivity (Wildman–Crippen MR) is 63.0 cm³/mol. The Morgan fingerprint density at radius 1 is 1.47 bits per heavy atom. The van der Waals surface area contributed by atoms with E-state index in [1.165, 1.54) is 0 Å². The smallest absolute Gasteiger partial charge is 0.358 e. The molecule has 17 heavy (non-hydrogen) atoms. The minimum absolute atomic E-state index is 0.315. The van der Waals surface area contributed by atoms with Crippen molar-refractivity contribution in [1.82, 2.24) is 14.4 Å². The van der Waals surface area contributed by atoms with E-state index in [-0.39, 0.29) is 0 Å². The van der Waals surface area contributed by atoms with Crippen molar-refractivity contribution in [2.45, 2.75) is 26.7 Å². The molecule has 0 saturated carbocycles. The van der Waals surface area contributed by atoms with Gasteiger partial charge in [-0.15, -0.1) is 0 Å². The summed E-state index contributed by atoms with van der Waals surface area (Å²) in [6.45, 7) is 6.26. The van der Waals surface area contributed by atoms with Crippen molar-refractivity contribution in [2.24, 2.45) is 0 Å². The van der Waals surface area contributed by atoms with Crippen LogP contribution < -0.4 is 0 Å². The molecule has 0 fully saturated rings. The molecule has 0 bridgehead atoms. The highest BCUT2D eigenvalue weighted by atomic mass is 16.5. The molecular weight excluding hydrogens is 218 g/mol. The van der Waals surface area contributed by atoms with Gasteiger partial charge in [-0.1, -0.05) is 13.8 Å². The summed E-state index contributed by atoms with van der Waals surface area (Å²) in [4.78, 5) is 19.9. The number of nitrogens with zero attached hydrogens (tertiary/aromatic N) is 3. The highest BCUT2D eigenvalue weighted by Gasteiger charge is 2.14. The fourth-order valence-corrected chi connectivity index (χ4v) is 1.67. The quantitative estimate of drug-likeness (QED) is 0.761. The predicted octanol–water partition coefficient (Wildman–Crippen LogP) is 2.03. The first-order valence-corrected chi connectivity index (χ1v) is 5.63. The van der Waals surface area contributed by atoms with Crippen molar-refractivity contribution in [3.05, 3.63) is 30.0 Å². The van der Waals surface area contributed by atoms with E-state index in [0.29, 0.717) is 23.9 Å². The summed E-state index contributed by atoms with van der Waals surface area (Å²) >= 11 is 0. The van der Waals surface area contributed by atoms with Gasteiger partial charge in [-0.2, -0.15) is 0 Å². The van der Waals surface area contributed by atoms with Crippen LogP contribution in [0.15, 0.2) is 18.6 Å². The Balaban J connectivity index is 2.50. The van der Waals surface area contributed by atoms with Crippen LogP contribution in [0.25, 0.3) is 5.65 Å². The molecule has 0 radical (unpaired) electrons. The Kier molecular flexibility index (Phi) is 3.08. The molecule has 2 aromatic rings. The molecule has 0 saturated heterocycles. The van der Waals surface area contributed by atoms with Crippen LogP contribution in [-0.2, 0) is 4.74 Å². The van der Waals surface area contributed by atoms with Gasteiger partial charge in [-0.25, -0.2) is 9.78 Å². The monoisotopic (exact) mass is 233 g/mol. The molecule has 2 rings (SSSR count). The van der Waals surface area contributed by atoms with Crippen LogP contribution in [0.2, 0.25) is 0 Å². The Morgan fingerprint density at radius 2 is 2.24 bits per heavy atom. The van der Waals surface area contributed by atoms with Gasteiger partial charge in [0.15, 0.2) is 11.3 Å². The minimum Gasteiger partial charge on any atom is -0.461 e. The Bertz CT molecular complexity index is 546. The standard InChI is InChI=1S/C12H15N3O2/c1-4-17-12(16)9-7-15-10(8(2)3)5-13-6-11(15)14-9/h5-8H,4H2,1-3H3. The first kappa shape index (κ1) is 11.6. The van der Waals surface area contributed by atoms with E-state index in [0.717, 1.165) is 5.69 Å². The molecule has 0 atom stereocenters. The van der Waals surface area contributed by atoms with Gasteiger partial charge in [0, 0.05) is 18.1 Å². The second-order valence-electron chi connectivity index (χ2n) is 4.06. The molecule has 2 aromatic heterocycles. The van der Waals surface area contributed by atoms with Crippen LogP contribution in [-0.4, -0.2) is 26.9 Å². The Hall–Kier alpha value is -1.91. The third-order valence-electron chi connectivity index (χ3n) is 2.48. The van der Waals surface area contributed by atoms with Crippen LogP contribution in [0.4, 0.5) is 0 Å². The molecule has 0 aliphatic carbocycles. The van der Waals surface area contributed by atoms with Gasteiger partial charge in [0.1, 0.15) is 0 Å². The minimum atomic E-state index is -0.397. The molecule has 0 aliphatic rings. The molecule has 2 heterocycles. The average Bonchev–Trinajstić information content (AvgIpc) is 2.72. The molecule has 0 aromatic carbocycles. The highest BCUT2D eigenvalue weighted by Crippen LogP contribution is 2.16. The lowest BCUT2D eigenvalue weighted by molar-refractivity contribution is 0.0520. The third kappa shape index (κ3) is 2.13. The van der Waals surface area contributed by atoms with E-state index >= 15 is 0 Å². The van der Waals surface area contributed by atoms with Crippen molar-refractivity contribution in [2.75, 3.05) is 6.61 Å². The maximum absolute atomic E-state index is 11.6. The molecular formula is C12H15N3O2. The maximum Gasteiger partial charge on any atom is 0.358 e. The number of esters is 1. The number of ether oxygens (including phenoxy) is 1. The molecule has 0 N–H and O–H groups in total. The van der Waals surface area contributed by atoms with Crippen molar-refractivity contribution in [1.29, 1.82) is 0 Å². The topological polar surface area (TPSA) is 56.5 Å². The number of imidazole rings is 1. The van der Waals surface area contributed by atoms with Gasteiger partial charge < -0.3 is 9.14 Å². The summed E-state index contributed by atoms with van der Waals surface area (Å²) in [5.41, 5.74) is 2.01. The summed E-state index contributed by atoms with van der Waals surface area (Å²) in [5.74, 6) is -0.0821. The van der Waals surface area contributed by atoms with Gasteiger partial charge in [-0.05, 0) is 12.8 Å². The maximum atomic E-state index is 11.6. The van der Waals surface area contributed by atoms with Gasteiger partial charge in [0.25, 0.3) is 0 Å². The fourth-order valence-electron chi connectivity index (χ4n) is 1.67. The SMILES string of the molecule is CCOC(=O)c1cn2c(C(C)C)cncc2n1. The molecule has 5 nitrogen and oxygen atoms in total. The van der Waals surface area contributed by atoms with Crippen LogP contribution in [0, 0.1) is 0 Å². The highest BCUT2D eigenvalue weighted by molar-refractivity contribution is 5.87. The van der Waals surface area contributed by atoms with Gasteiger partial charge in [0.05, 0.1) is 12.8 Å². The Morgan fingerprint density at radius 3 is 2.88 bits per heavy atom. The normalized spacial score (nSPS) is 11.1. The summed E-state index contributed by atoms with van der Waals surface area (Å²) in [6.07, 6.45) is 5.12. The number of hydrogen-bond acceptors (Lipinski definition) is 4. The number of aromatic nitrogens is 3. The van der Waals surface area contributed by atoms with E-state index in [4.69, 9.17) is 4.74 Å². The number of carbonyl (C=O) groups is 1. The second kappa shape index (κ2) is 4.53. The van der Waals surface area contributed by atoms with E-state index in [1.54, 1.807) is 25.5 Å². The first-order valence-electron chi connectivity index (χ1n) is 5.63. The van der Waals surface area contributed by atoms with E-state index in [2.05, 4.69) is 23.8 Å². The summed E-state index contributed by atoms with van der Waals surface area (Å²) in [7, 11) is 0. The van der Waals surface area contributed by atoms with E-state index < -0.39 is 5.97 Å². The number of hydrogen-bond donors (Lipinski definition) is 0. The third-order valence-corrected chi connectivity index (χ3v) is 2.48. The van der Waals surface area contributed by atoms with Crippen molar-refractivity contribution in [3.8, 4) is 0 Å². The summed E-state index contributed by atoms with van der Waals surface area (Å²) < 4.78 is 6.80. The first-order chi connectivity index (χ1) is 8.13. The van der Waals surface area contributed by atoms with Crippen LogP contribution >= 0.6 is 0 Å². The molecule has 0 amide bonds. The molecule has 90 valence electrons. The molecule has 5 heteroatoms. The molecule has 0 unspecified atom stereocenters. The van der Waals surface area contributed by atoms with Gasteiger partial charge in [-0.3, -0.25) is 4.98 Å². The van der Waals surface area contributed by atoms with Crippen molar-refractivity contribution < 1.29 is 9.53 Å². The lowest BCUT2D eigenvalue weighted by Crippen LogP contribution is -2.04. The Labute approximate surface area is 99.5 Å². The number of fused-ring (bicyclic) bond motifs is 1. The zero-order chi connectivity index (χ0) is 12.4. The lowest BCUT2D eigenvalue weighted by Gasteiger charge is -2.06. The zero-order valence-electron chi connectivity index (χ0n) is 10.2. The summed E-state index contributed by atoms with van der Waals surface area (Å²) in [6, 6.07) is 0. The summed E-state index contributed by atoms with van der Waals surface area (Å²) in [5, 5.41) is 0. The van der Waals surface area contributed by atoms with Crippen LogP contribution in [0.1, 0.15) is 42.9 Å². The zero-order valence-corrected chi connectivity index (χ0v) is 10.2. The van der Waals surface area contributed by atoms with E-state index in [9.17, 15) is 4.79 Å². The molecule has 0 aliphatic heterocycles. The van der Waals surface area contributed by atoms with E-state index in [1.807, 2.05) is 4.40 Å². The second-order valence-corrected chi connectivity index (χ2v) is 4.06. The fraction of sp³-hybridized carbons (Fsp3) is 0.417.